The van der Waals surface area contributed by atoms with E-state index in [1.54, 1.807) is 0 Å². The number of fused-ring (bicyclic) bond motifs is 1. The molecule has 1 aliphatic heterocycles. The summed E-state index contributed by atoms with van der Waals surface area (Å²) in [6.07, 6.45) is 1.48. The fourth-order valence-corrected chi connectivity index (χ4v) is 2.74. The van der Waals surface area contributed by atoms with Crippen LogP contribution in [-0.4, -0.2) is 50.6 Å². The average Bonchev–Trinajstić information content (AvgIpc) is 2.56. The second kappa shape index (κ2) is 3.97. The van der Waals surface area contributed by atoms with E-state index in [4.69, 9.17) is 0 Å². The molecule has 2 unspecified atom stereocenters. The number of hydrogen-bond acceptors (Lipinski definition) is 2. The molecule has 1 heterocycles. The van der Waals surface area contributed by atoms with Crippen LogP contribution in [0.5, 0.6) is 0 Å². The van der Waals surface area contributed by atoms with Crippen LogP contribution in [0.25, 0.3) is 0 Å². The molecule has 2 rings (SSSR count). The Bertz CT molecular complexity index is 167. The topological polar surface area (TPSA) is 6.48 Å². The van der Waals surface area contributed by atoms with Crippen LogP contribution in [0.2, 0.25) is 0 Å². The third kappa shape index (κ3) is 2.23. The molecule has 0 amide bonds. The van der Waals surface area contributed by atoms with E-state index in [1.807, 2.05) is 13.8 Å². The summed E-state index contributed by atoms with van der Waals surface area (Å²) in [5.41, 5.74) is 0.707. The van der Waals surface area contributed by atoms with Crippen LogP contribution in [0.4, 0.5) is 0 Å². The largest absolute Gasteiger partial charge is 0.309 e. The van der Waals surface area contributed by atoms with E-state index >= 15 is 0 Å². The number of hydrogen-bond donors (Lipinski definition) is 0. The smallest absolute Gasteiger partial charge is 0.00506 e. The first-order valence-corrected chi connectivity index (χ1v) is 5.46. The standard InChI is InChI=1S/C9H18N2.C2H6/c1-10(2)6-9-4-8(9)5-11(3)7-9;1-2/h8H,4-7H2,1-3H3;1-2H3. The molecular weight excluding hydrogens is 160 g/mol. The van der Waals surface area contributed by atoms with Gasteiger partial charge in [-0.05, 0) is 33.5 Å². The van der Waals surface area contributed by atoms with E-state index < -0.39 is 0 Å². The first kappa shape index (κ1) is 11.0. The highest BCUT2D eigenvalue weighted by Gasteiger charge is 2.58. The lowest BCUT2D eigenvalue weighted by molar-refractivity contribution is 0.271. The van der Waals surface area contributed by atoms with E-state index in [0.717, 1.165) is 5.92 Å². The van der Waals surface area contributed by atoms with Crippen LogP contribution in [0.1, 0.15) is 20.3 Å². The van der Waals surface area contributed by atoms with E-state index in [-0.39, 0.29) is 0 Å². The Morgan fingerprint density at radius 1 is 1.38 bits per heavy atom. The van der Waals surface area contributed by atoms with Gasteiger partial charge in [-0.2, -0.15) is 0 Å². The van der Waals surface area contributed by atoms with E-state index in [1.165, 1.54) is 26.1 Å². The lowest BCUT2D eigenvalue weighted by atomic mass is 10.1. The predicted octanol–water partition coefficient (Wildman–Crippen LogP) is 1.53. The number of likely N-dealkylation sites (tertiary alicyclic amines) is 1. The van der Waals surface area contributed by atoms with Gasteiger partial charge in [0.05, 0.1) is 0 Å². The molecule has 1 saturated carbocycles. The first-order chi connectivity index (χ1) is 6.12. The molecule has 13 heavy (non-hydrogen) atoms. The van der Waals surface area contributed by atoms with Gasteiger partial charge in [-0.25, -0.2) is 0 Å². The van der Waals surface area contributed by atoms with Crippen molar-refractivity contribution in [2.24, 2.45) is 11.3 Å². The highest BCUT2D eigenvalue weighted by molar-refractivity contribution is 5.10. The zero-order valence-electron chi connectivity index (χ0n) is 9.80. The highest BCUT2D eigenvalue weighted by atomic mass is 15.2. The fraction of sp³-hybridized carbons (Fsp3) is 1.00. The van der Waals surface area contributed by atoms with Crippen molar-refractivity contribution in [2.45, 2.75) is 20.3 Å². The van der Waals surface area contributed by atoms with Crippen molar-refractivity contribution in [1.29, 1.82) is 0 Å². The monoisotopic (exact) mass is 184 g/mol. The van der Waals surface area contributed by atoms with E-state index in [9.17, 15) is 0 Å². The van der Waals surface area contributed by atoms with Crippen molar-refractivity contribution >= 4 is 0 Å². The molecule has 2 aliphatic rings. The second-order valence-corrected chi connectivity index (χ2v) is 4.70. The van der Waals surface area contributed by atoms with Gasteiger partial charge in [-0.3, -0.25) is 0 Å². The zero-order chi connectivity index (χ0) is 10.1. The molecule has 1 aliphatic carbocycles. The third-order valence-electron chi connectivity index (χ3n) is 3.11. The van der Waals surface area contributed by atoms with Crippen LogP contribution in [0.15, 0.2) is 0 Å². The summed E-state index contributed by atoms with van der Waals surface area (Å²) >= 11 is 0. The molecule has 78 valence electrons. The molecule has 0 aromatic rings. The SMILES string of the molecule is CC.CN(C)CC12CC1CN(C)C2. The molecule has 1 saturated heterocycles. The number of nitrogens with zero attached hydrogens (tertiary/aromatic N) is 2. The Balaban J connectivity index is 0.000000396. The summed E-state index contributed by atoms with van der Waals surface area (Å²) in [4.78, 5) is 4.80. The van der Waals surface area contributed by atoms with Gasteiger partial charge in [0.15, 0.2) is 0 Å². The van der Waals surface area contributed by atoms with Gasteiger partial charge in [-0.15, -0.1) is 0 Å². The molecule has 0 spiro atoms. The summed E-state index contributed by atoms with van der Waals surface area (Å²) < 4.78 is 0. The molecule has 2 fully saturated rings. The lowest BCUT2D eigenvalue weighted by Gasteiger charge is -2.19. The summed E-state index contributed by atoms with van der Waals surface area (Å²) in [5, 5.41) is 0. The van der Waals surface area contributed by atoms with Crippen molar-refractivity contribution in [1.82, 2.24) is 9.80 Å². The maximum absolute atomic E-state index is 2.47. The minimum atomic E-state index is 0.707. The van der Waals surface area contributed by atoms with E-state index in [2.05, 4.69) is 30.9 Å². The van der Waals surface area contributed by atoms with Gasteiger partial charge >= 0.3 is 0 Å². The van der Waals surface area contributed by atoms with Gasteiger partial charge in [-0.1, -0.05) is 13.8 Å². The lowest BCUT2D eigenvalue weighted by Crippen LogP contribution is -2.28. The average molecular weight is 184 g/mol. The summed E-state index contributed by atoms with van der Waals surface area (Å²) in [6, 6.07) is 0. The van der Waals surface area contributed by atoms with Crippen LogP contribution in [0.3, 0.4) is 0 Å². The Morgan fingerprint density at radius 2 is 2.00 bits per heavy atom. The Morgan fingerprint density at radius 3 is 2.38 bits per heavy atom. The van der Waals surface area contributed by atoms with Crippen LogP contribution in [-0.2, 0) is 0 Å². The van der Waals surface area contributed by atoms with Gasteiger partial charge in [0, 0.05) is 25.0 Å². The predicted molar refractivity (Wildman–Crippen MR) is 57.9 cm³/mol. The van der Waals surface area contributed by atoms with Crippen molar-refractivity contribution in [3.05, 3.63) is 0 Å². The maximum Gasteiger partial charge on any atom is 0.00506 e. The molecule has 0 radical (unpaired) electrons. The fourth-order valence-electron chi connectivity index (χ4n) is 2.74. The summed E-state index contributed by atoms with van der Waals surface area (Å²) in [5.74, 6) is 1.02. The minimum Gasteiger partial charge on any atom is -0.309 e. The molecule has 2 atom stereocenters. The molecule has 2 heteroatoms. The third-order valence-corrected chi connectivity index (χ3v) is 3.11. The number of piperidine rings is 1. The van der Waals surface area contributed by atoms with Crippen LogP contribution in [0, 0.1) is 11.3 Å². The van der Waals surface area contributed by atoms with Crippen LogP contribution >= 0.6 is 0 Å². The van der Waals surface area contributed by atoms with Crippen molar-refractivity contribution < 1.29 is 0 Å². The van der Waals surface area contributed by atoms with Crippen molar-refractivity contribution in [3.63, 3.8) is 0 Å². The maximum atomic E-state index is 2.47. The Kier molecular flexibility index (Phi) is 3.36. The van der Waals surface area contributed by atoms with Crippen molar-refractivity contribution in [2.75, 3.05) is 40.8 Å². The van der Waals surface area contributed by atoms with Crippen molar-refractivity contribution in [3.8, 4) is 0 Å². The number of rotatable bonds is 2. The van der Waals surface area contributed by atoms with E-state index in [0.29, 0.717) is 5.41 Å². The molecular formula is C11H24N2. The van der Waals surface area contributed by atoms with Gasteiger partial charge < -0.3 is 9.80 Å². The van der Waals surface area contributed by atoms with Gasteiger partial charge in [0.2, 0.25) is 0 Å². The first-order valence-electron chi connectivity index (χ1n) is 5.46. The molecule has 0 aromatic heterocycles. The minimum absolute atomic E-state index is 0.707. The summed E-state index contributed by atoms with van der Waals surface area (Å²) in [7, 11) is 6.61. The highest BCUT2D eigenvalue weighted by Crippen LogP contribution is 2.57. The summed E-state index contributed by atoms with van der Waals surface area (Å²) in [6.45, 7) is 7.96. The van der Waals surface area contributed by atoms with Crippen LogP contribution < -0.4 is 0 Å². The normalized spacial score (nSPS) is 36.9. The van der Waals surface area contributed by atoms with Gasteiger partial charge in [0.25, 0.3) is 0 Å². The Hall–Kier alpha value is -0.0800. The Labute approximate surface area is 82.9 Å². The molecule has 0 bridgehead atoms. The van der Waals surface area contributed by atoms with Gasteiger partial charge in [0.1, 0.15) is 0 Å². The quantitative estimate of drug-likeness (QED) is 0.642. The second-order valence-electron chi connectivity index (χ2n) is 4.70. The molecule has 0 N–H and O–H groups in total. The molecule has 2 nitrogen and oxygen atoms in total. The molecule has 0 aromatic carbocycles. The zero-order valence-corrected chi connectivity index (χ0v) is 9.80.